The summed E-state index contributed by atoms with van der Waals surface area (Å²) in [6, 6.07) is 0. The van der Waals surface area contributed by atoms with E-state index in [1.165, 1.54) is 0 Å². The van der Waals surface area contributed by atoms with Crippen molar-refractivity contribution in [1.82, 2.24) is 0 Å². The Morgan fingerprint density at radius 1 is 0.800 bits per heavy atom. The molecule has 0 heterocycles. The van der Waals surface area contributed by atoms with Gasteiger partial charge in [-0.1, -0.05) is 0 Å². The Kier molecular flexibility index (Phi) is 6.18. The molecular formula is C4H10Cl4Sn2. The van der Waals surface area contributed by atoms with E-state index in [0.29, 0.717) is 0 Å². The van der Waals surface area contributed by atoms with E-state index in [1.54, 1.807) is 0 Å². The van der Waals surface area contributed by atoms with Crippen LogP contribution in [0.15, 0.2) is 0 Å². The van der Waals surface area contributed by atoms with Gasteiger partial charge in [-0.25, -0.2) is 0 Å². The predicted octanol–water partition coefficient (Wildman–Crippen LogP) is 4.09. The van der Waals surface area contributed by atoms with Gasteiger partial charge in [0.15, 0.2) is 0 Å². The average Bonchev–Trinajstić information content (AvgIpc) is 1.57. The van der Waals surface area contributed by atoms with Crippen molar-refractivity contribution < 1.29 is 0 Å². The second-order valence-electron chi connectivity index (χ2n) is 2.64. The van der Waals surface area contributed by atoms with Crippen molar-refractivity contribution in [3.63, 3.8) is 0 Å². The third-order valence-electron chi connectivity index (χ3n) is 1.00. The molecule has 62 valence electrons. The van der Waals surface area contributed by atoms with Gasteiger partial charge in [-0.15, -0.1) is 0 Å². The Labute approximate surface area is 85.2 Å². The third-order valence-corrected chi connectivity index (χ3v) is 16.6. The molecule has 0 rings (SSSR count). The van der Waals surface area contributed by atoms with Gasteiger partial charge in [-0.3, -0.25) is 0 Å². The second-order valence-corrected chi connectivity index (χ2v) is 42.7. The molecule has 0 aliphatic carbocycles. The first-order valence-corrected chi connectivity index (χ1v) is 27.2. The van der Waals surface area contributed by atoms with Crippen LogP contribution in [0.4, 0.5) is 0 Å². The molecule has 6 heteroatoms. The van der Waals surface area contributed by atoms with Crippen LogP contribution in [0.3, 0.4) is 0 Å². The zero-order chi connectivity index (χ0) is 8.41. The molecule has 0 fully saturated rings. The summed E-state index contributed by atoms with van der Waals surface area (Å²) in [5.74, 6) is 0. The quantitative estimate of drug-likeness (QED) is 0.584. The van der Waals surface area contributed by atoms with Gasteiger partial charge in [0.25, 0.3) is 0 Å². The van der Waals surface area contributed by atoms with Gasteiger partial charge < -0.3 is 0 Å². The van der Waals surface area contributed by atoms with Crippen molar-refractivity contribution in [2.45, 2.75) is 18.8 Å². The second kappa shape index (κ2) is 4.85. The summed E-state index contributed by atoms with van der Waals surface area (Å²) < 4.78 is 1.80. The van der Waals surface area contributed by atoms with Crippen molar-refractivity contribution in [1.29, 1.82) is 0 Å². The van der Waals surface area contributed by atoms with E-state index < -0.39 is 32.2 Å². The molecule has 0 aliphatic rings. The van der Waals surface area contributed by atoms with Crippen LogP contribution in [-0.2, 0) is 0 Å². The van der Waals surface area contributed by atoms with Crippen LogP contribution in [-0.4, -0.2) is 32.2 Å². The first-order chi connectivity index (χ1) is 4.21. The maximum atomic E-state index is 5.93. The topological polar surface area (TPSA) is 0 Å². The van der Waals surface area contributed by atoms with E-state index in [1.807, 2.05) is 9.88 Å². The van der Waals surface area contributed by atoms with Gasteiger partial charge >= 0.3 is 86.7 Å². The van der Waals surface area contributed by atoms with Crippen LogP contribution in [0.5, 0.6) is 0 Å². The van der Waals surface area contributed by atoms with Crippen molar-refractivity contribution in [3.8, 4) is 0 Å². The molecular weight excluding hydrogens is 427 g/mol. The van der Waals surface area contributed by atoms with E-state index in [4.69, 9.17) is 35.7 Å². The number of hydrogen-bond donors (Lipinski definition) is 0. The molecule has 0 spiro atoms. The monoisotopic (exact) mass is 438 g/mol. The molecule has 0 aliphatic heterocycles. The molecule has 10 heavy (non-hydrogen) atoms. The van der Waals surface area contributed by atoms with Crippen molar-refractivity contribution in [2.24, 2.45) is 0 Å². The molecule has 0 aromatic carbocycles. The van der Waals surface area contributed by atoms with E-state index >= 15 is 0 Å². The van der Waals surface area contributed by atoms with Crippen LogP contribution in [0.1, 0.15) is 0 Å². The zero-order valence-electron chi connectivity index (χ0n) is 5.93. The van der Waals surface area contributed by atoms with Crippen molar-refractivity contribution >= 4 is 67.9 Å². The fourth-order valence-electron chi connectivity index (χ4n) is 0.439. The Morgan fingerprint density at radius 3 is 1.10 bits per heavy atom. The maximum absolute atomic E-state index is 5.93. The van der Waals surface area contributed by atoms with Crippen LogP contribution in [0.2, 0.25) is 18.8 Å². The summed E-state index contributed by atoms with van der Waals surface area (Å²) >= 11 is -5.18. The standard InChI is InChI=1S/C2H4.2CH3.4ClH.2Sn/c1-2;;;;;;;;/h1-2H2;2*1H3;4*1H;;/q;;;;;;;2*+2/p-4. The molecule has 0 amide bonds. The SMILES string of the molecule is [CH3][Sn]([Cl])([Cl])[CH2][CH2][Sn]([CH3])([Cl])[Cl]. The van der Waals surface area contributed by atoms with Gasteiger partial charge in [0.1, 0.15) is 0 Å². The van der Waals surface area contributed by atoms with Gasteiger partial charge in [0.05, 0.1) is 0 Å². The average molecular weight is 437 g/mol. The fraction of sp³-hybridized carbons (Fsp3) is 1.00. The molecule has 0 atom stereocenters. The van der Waals surface area contributed by atoms with Crippen molar-refractivity contribution in [2.75, 3.05) is 0 Å². The Bertz CT molecular complexity index is 88.8. The Hall–Kier alpha value is 2.76. The van der Waals surface area contributed by atoms with E-state index in [2.05, 4.69) is 0 Å². The fourth-order valence-corrected chi connectivity index (χ4v) is 36.8. The first-order valence-electron chi connectivity index (χ1n) is 2.96. The van der Waals surface area contributed by atoms with Crippen LogP contribution in [0.25, 0.3) is 0 Å². The molecule has 0 aromatic rings. The summed E-state index contributed by atoms with van der Waals surface area (Å²) in [4.78, 5) is 3.92. The third kappa shape index (κ3) is 10.8. The number of hydrogen-bond acceptors (Lipinski definition) is 0. The molecule has 0 bridgehead atoms. The van der Waals surface area contributed by atoms with Crippen LogP contribution in [0, 0.1) is 0 Å². The number of rotatable bonds is 3. The number of halogens is 4. The van der Waals surface area contributed by atoms with Gasteiger partial charge in [-0.2, -0.15) is 0 Å². The van der Waals surface area contributed by atoms with E-state index in [9.17, 15) is 0 Å². The molecule has 0 saturated carbocycles. The van der Waals surface area contributed by atoms with E-state index in [-0.39, 0.29) is 0 Å². The normalized spacial score (nSPS) is 13.8. The molecule has 0 nitrogen and oxygen atoms in total. The van der Waals surface area contributed by atoms with Gasteiger partial charge in [-0.05, 0) is 0 Å². The van der Waals surface area contributed by atoms with Crippen LogP contribution >= 0.6 is 35.7 Å². The summed E-state index contributed by atoms with van der Waals surface area (Å²) in [5.41, 5.74) is 0. The molecule has 0 N–H and O–H groups in total. The van der Waals surface area contributed by atoms with Gasteiger partial charge in [0.2, 0.25) is 0 Å². The summed E-state index contributed by atoms with van der Waals surface area (Å²) in [6.45, 7) is 0. The zero-order valence-corrected chi connectivity index (χ0v) is 14.7. The summed E-state index contributed by atoms with van der Waals surface area (Å²) in [6.07, 6.45) is 0. The predicted molar refractivity (Wildman–Crippen MR) is 56.3 cm³/mol. The van der Waals surface area contributed by atoms with Crippen LogP contribution < -0.4 is 0 Å². The van der Waals surface area contributed by atoms with Gasteiger partial charge in [0, 0.05) is 0 Å². The Balaban J connectivity index is 3.56. The summed E-state index contributed by atoms with van der Waals surface area (Å²) in [5, 5.41) is 0. The first kappa shape index (κ1) is 12.8. The Morgan fingerprint density at radius 2 is 1.00 bits per heavy atom. The molecule has 0 unspecified atom stereocenters. The molecule has 0 saturated heterocycles. The summed E-state index contributed by atoms with van der Waals surface area (Å²) in [7, 11) is 23.7. The molecule has 0 aromatic heterocycles. The van der Waals surface area contributed by atoms with E-state index in [0.717, 1.165) is 8.87 Å². The minimum absolute atomic E-state index is 0.900. The van der Waals surface area contributed by atoms with Crippen molar-refractivity contribution in [3.05, 3.63) is 0 Å². The molecule has 0 radical (unpaired) electrons. The minimum atomic E-state index is -2.59.